The predicted molar refractivity (Wildman–Crippen MR) is 62.6 cm³/mol. The Balaban J connectivity index is 0. The van der Waals surface area contributed by atoms with Gasteiger partial charge in [0.05, 0.1) is 6.07 Å². The molecule has 6 heteroatoms. The van der Waals surface area contributed by atoms with Crippen molar-refractivity contribution in [1.82, 2.24) is 5.32 Å². The van der Waals surface area contributed by atoms with E-state index >= 15 is 0 Å². The number of carbonyl (C=O) groups is 1. The maximum Gasteiger partial charge on any atom is 0.290 e. The minimum absolute atomic E-state index is 0. The first kappa shape index (κ1) is 17.3. The maximum atomic E-state index is 10.1. The van der Waals surface area contributed by atoms with E-state index in [-0.39, 0.29) is 12.5 Å². The molecule has 0 aliphatic heterocycles. The van der Waals surface area contributed by atoms with Crippen LogP contribution in [0.15, 0.2) is 23.3 Å². The summed E-state index contributed by atoms with van der Waals surface area (Å²) < 4.78 is 0. The molecular formula is C12H15FmN2O3-. The van der Waals surface area contributed by atoms with Crippen molar-refractivity contribution in [3.63, 3.8) is 0 Å². The number of carboxylic acid groups (broad SMARTS) is 1. The summed E-state index contributed by atoms with van der Waals surface area (Å²) in [5.41, 5.74) is 1.95. The molecule has 1 unspecified atom stereocenters. The molecular weight excluding hydrogens is 477 g/mol. The van der Waals surface area contributed by atoms with E-state index < -0.39 is 0 Å². The fourth-order valence-corrected chi connectivity index (χ4v) is 1.50. The van der Waals surface area contributed by atoms with E-state index in [1.807, 2.05) is 13.0 Å². The van der Waals surface area contributed by atoms with Gasteiger partial charge in [0.25, 0.3) is 6.47 Å². The van der Waals surface area contributed by atoms with Crippen LogP contribution in [0, 0.1) is 11.3 Å². The van der Waals surface area contributed by atoms with Crippen LogP contribution in [0.25, 0.3) is 0 Å². The van der Waals surface area contributed by atoms with Crippen LogP contribution in [0.4, 0.5) is 0 Å². The van der Waals surface area contributed by atoms with Crippen molar-refractivity contribution < 1.29 is 14.7 Å². The molecule has 104 valence electrons. The van der Waals surface area contributed by atoms with Crippen molar-refractivity contribution >= 4 is 12.9 Å². The summed E-state index contributed by atoms with van der Waals surface area (Å²) in [6, 6.07) is 2.24. The predicted octanol–water partition coefficient (Wildman–Crippen LogP) is 1.29. The van der Waals surface area contributed by atoms with Crippen LogP contribution in [-0.4, -0.2) is 24.0 Å². The number of nitrogens with one attached hydrogen (secondary N) is 1. The molecule has 0 heterocycles. The Morgan fingerprint density at radius 3 is 2.83 bits per heavy atom. The fourth-order valence-electron chi connectivity index (χ4n) is 1.50. The zero-order valence-corrected chi connectivity index (χ0v) is 12.3. The Morgan fingerprint density at radius 2 is 2.33 bits per heavy atom. The molecule has 0 saturated heterocycles. The number of carbonyl (C=O) groups excluding carboxylic acids is 1. The van der Waals surface area contributed by atoms with Crippen LogP contribution in [0.3, 0.4) is 0 Å². The van der Waals surface area contributed by atoms with Crippen LogP contribution in [0.5, 0.6) is 0 Å². The molecule has 1 amide bonds. The Labute approximate surface area is 100 Å². The molecule has 0 spiro atoms. The third-order valence-corrected chi connectivity index (χ3v) is 2.17. The van der Waals surface area contributed by atoms with E-state index in [0.29, 0.717) is 0 Å². The first-order valence-electron chi connectivity index (χ1n) is 5.18. The number of allylic oxidation sites excluding steroid dienone is 3. The summed E-state index contributed by atoms with van der Waals surface area (Å²) in [4.78, 5) is 18.4. The third kappa shape index (κ3) is 7.23. The molecule has 1 rings (SSSR count). The minimum Gasteiger partial charge on any atom is -0.527 e. The van der Waals surface area contributed by atoms with Gasteiger partial charge in [-0.15, -0.1) is 0 Å². The van der Waals surface area contributed by atoms with Gasteiger partial charge in [-0.3, -0.25) is 4.79 Å². The molecule has 0 fully saturated rings. The topological polar surface area (TPSA) is 90.2 Å². The third-order valence-electron chi connectivity index (χ3n) is 2.17. The normalized spacial score (nSPS) is 14.2. The zero-order valence-electron chi connectivity index (χ0n) is 9.93. The molecule has 0 aromatic carbocycles. The van der Waals surface area contributed by atoms with Gasteiger partial charge in [0, 0.05) is 5.57 Å². The summed E-state index contributed by atoms with van der Waals surface area (Å²) in [6.45, 7) is 1.67. The molecule has 1 atom stereocenters. The van der Waals surface area contributed by atoms with E-state index in [0.717, 1.165) is 30.4 Å². The number of nitriles is 1. The van der Waals surface area contributed by atoms with E-state index in [1.54, 1.807) is 6.41 Å². The standard InChI is InChI=1S/C11H13N2O.CH2O2.Fm/c1-9(13-8-14)5-10-3-2-4-11(6-10)7-12;2-1-3;/h3,6,9H,2,4-5H2,1H3,(H,13,14);1H,(H,2,3);/q-1;;. The Morgan fingerprint density at radius 1 is 1.72 bits per heavy atom. The van der Waals surface area contributed by atoms with Crippen LogP contribution in [0.1, 0.15) is 26.2 Å². The van der Waals surface area contributed by atoms with Crippen molar-refractivity contribution in [1.29, 1.82) is 5.26 Å². The van der Waals surface area contributed by atoms with Crippen LogP contribution >= 0.6 is 0 Å². The van der Waals surface area contributed by atoms with Crippen molar-refractivity contribution in [3.8, 4) is 6.07 Å². The maximum absolute atomic E-state index is 10.1. The van der Waals surface area contributed by atoms with Gasteiger partial charge in [0.1, 0.15) is 0 Å². The van der Waals surface area contributed by atoms with Gasteiger partial charge in [-0.2, -0.15) is 11.7 Å². The summed E-state index contributed by atoms with van der Waals surface area (Å²) in [5.74, 6) is 0. The molecule has 0 bridgehead atoms. The number of rotatable bonds is 4. The van der Waals surface area contributed by atoms with E-state index in [1.165, 1.54) is 0 Å². The quantitative estimate of drug-likeness (QED) is 0.352. The molecule has 18 heavy (non-hydrogen) atoms. The molecule has 0 radical (unpaired) electrons. The van der Waals surface area contributed by atoms with Crippen molar-refractivity contribution in [2.75, 3.05) is 0 Å². The first-order chi connectivity index (χ1) is 8.17. The molecule has 1 aliphatic carbocycles. The monoisotopic (exact) mass is 492 g/mol. The van der Waals surface area contributed by atoms with Gasteiger partial charge in [-0.25, -0.2) is 0 Å². The number of hydrogen-bond acceptors (Lipinski definition) is 3. The van der Waals surface area contributed by atoms with Gasteiger partial charge in [0.2, 0.25) is 0 Å². The van der Waals surface area contributed by atoms with E-state index in [9.17, 15) is 4.79 Å². The summed E-state index contributed by atoms with van der Waals surface area (Å²) in [7, 11) is 0. The van der Waals surface area contributed by atoms with Gasteiger partial charge < -0.3 is 15.2 Å². The van der Waals surface area contributed by atoms with Crippen molar-refractivity contribution in [3.05, 3.63) is 23.3 Å². The summed E-state index contributed by atoms with van der Waals surface area (Å²) >= 11 is 0. The smallest absolute Gasteiger partial charge is 0.290 e. The molecule has 0 aromatic heterocycles. The fraction of sp³-hybridized carbons (Fsp3) is 0.417. The van der Waals surface area contributed by atoms with Crippen molar-refractivity contribution in [2.24, 2.45) is 0 Å². The molecule has 1 aliphatic rings. The Hall–Kier alpha value is -3.09. The van der Waals surface area contributed by atoms with Crippen LogP contribution in [0.2, 0.25) is 0 Å². The first-order valence-corrected chi connectivity index (χ1v) is 5.18. The van der Waals surface area contributed by atoms with E-state index in [2.05, 4.69) is 17.5 Å². The number of nitrogens with zero attached hydrogens (tertiary/aromatic N) is 1. The van der Waals surface area contributed by atoms with Crippen LogP contribution in [-0.2, 0) is 9.59 Å². The SMILES string of the molecule is CC(CC1=CCCC(C#N)=C1)N[C-]=O.O=CO.[Fm]. The average Bonchev–Trinajstić information content (AvgIpc) is 2.30. The van der Waals surface area contributed by atoms with Crippen LogP contribution < -0.4 is 5.32 Å². The summed E-state index contributed by atoms with van der Waals surface area (Å²) in [5, 5.41) is 18.2. The number of hydrogen-bond donors (Lipinski definition) is 2. The Bertz CT molecular complexity index is 359. The Kier molecular flexibility index (Phi) is 10.0. The zero-order chi connectivity index (χ0) is 13.1. The molecule has 5 nitrogen and oxygen atoms in total. The molecule has 0 saturated carbocycles. The minimum atomic E-state index is -0.250. The van der Waals surface area contributed by atoms with Crippen molar-refractivity contribution in [2.45, 2.75) is 32.2 Å². The second-order valence-corrected chi connectivity index (χ2v) is 3.56. The van der Waals surface area contributed by atoms with Gasteiger partial charge in [-0.05, 0) is 43.9 Å². The summed E-state index contributed by atoms with van der Waals surface area (Å²) in [6.07, 6.45) is 8.22. The van der Waals surface area contributed by atoms with Gasteiger partial charge in [0.15, 0.2) is 0 Å². The second-order valence-electron chi connectivity index (χ2n) is 3.56. The van der Waals surface area contributed by atoms with Gasteiger partial charge >= 0.3 is 0 Å². The second kappa shape index (κ2) is 10.4. The largest absolute Gasteiger partial charge is 0.527 e. The molecule has 2 N–H and O–H groups in total. The van der Waals surface area contributed by atoms with Gasteiger partial charge in [-0.1, -0.05) is 6.08 Å². The average molecular weight is 492 g/mol. The molecule has 0 aromatic rings. The number of amides is 1. The van der Waals surface area contributed by atoms with E-state index in [4.69, 9.17) is 15.2 Å².